The van der Waals surface area contributed by atoms with E-state index in [2.05, 4.69) is 10.1 Å². The molecule has 0 spiro atoms. The number of rotatable bonds is 5. The molecule has 0 radical (unpaired) electrons. The van der Waals surface area contributed by atoms with Gasteiger partial charge in [-0.2, -0.15) is 5.10 Å². The molecule has 0 unspecified atom stereocenters. The SMILES string of the molecule is CCOC(=O)c1cnn2c(C3CCCCC3)c(-c3ccc(OC)cc3)cnc12. The molecule has 1 aliphatic rings. The van der Waals surface area contributed by atoms with Gasteiger partial charge in [0, 0.05) is 17.7 Å². The number of carbonyl (C=O) groups is 1. The lowest BCUT2D eigenvalue weighted by molar-refractivity contribution is 0.0528. The summed E-state index contributed by atoms with van der Waals surface area (Å²) in [6.45, 7) is 2.13. The van der Waals surface area contributed by atoms with Crippen LogP contribution in [0.1, 0.15) is 61.0 Å². The van der Waals surface area contributed by atoms with E-state index >= 15 is 0 Å². The highest BCUT2D eigenvalue weighted by atomic mass is 16.5. The van der Waals surface area contributed by atoms with Crippen molar-refractivity contribution >= 4 is 11.6 Å². The first-order chi connectivity index (χ1) is 13.7. The predicted molar refractivity (Wildman–Crippen MR) is 107 cm³/mol. The average Bonchev–Trinajstić information content (AvgIpc) is 3.18. The van der Waals surface area contributed by atoms with Gasteiger partial charge in [-0.25, -0.2) is 14.3 Å². The molecule has 28 heavy (non-hydrogen) atoms. The summed E-state index contributed by atoms with van der Waals surface area (Å²) in [5, 5.41) is 4.55. The number of hydrogen-bond acceptors (Lipinski definition) is 5. The Labute approximate surface area is 164 Å². The van der Waals surface area contributed by atoms with Crippen LogP contribution in [-0.4, -0.2) is 34.3 Å². The quantitative estimate of drug-likeness (QED) is 0.605. The van der Waals surface area contributed by atoms with Gasteiger partial charge in [-0.3, -0.25) is 0 Å². The van der Waals surface area contributed by atoms with Crippen LogP contribution in [0, 0.1) is 0 Å². The third-order valence-electron chi connectivity index (χ3n) is 5.45. The van der Waals surface area contributed by atoms with Gasteiger partial charge in [0.15, 0.2) is 5.65 Å². The molecule has 146 valence electrons. The van der Waals surface area contributed by atoms with Crippen LogP contribution < -0.4 is 4.74 Å². The van der Waals surface area contributed by atoms with E-state index in [1.165, 1.54) is 19.3 Å². The summed E-state index contributed by atoms with van der Waals surface area (Å²) >= 11 is 0. The Morgan fingerprint density at radius 2 is 1.89 bits per heavy atom. The summed E-state index contributed by atoms with van der Waals surface area (Å²) in [6, 6.07) is 8.00. The average molecular weight is 379 g/mol. The lowest BCUT2D eigenvalue weighted by Gasteiger charge is -2.25. The molecule has 1 saturated carbocycles. The van der Waals surface area contributed by atoms with Gasteiger partial charge in [-0.15, -0.1) is 0 Å². The van der Waals surface area contributed by atoms with Crippen molar-refractivity contribution in [1.29, 1.82) is 0 Å². The van der Waals surface area contributed by atoms with Crippen molar-refractivity contribution in [3.8, 4) is 16.9 Å². The van der Waals surface area contributed by atoms with Gasteiger partial charge in [0.05, 0.1) is 25.6 Å². The molecule has 0 atom stereocenters. The van der Waals surface area contributed by atoms with Crippen LogP contribution in [0.2, 0.25) is 0 Å². The number of aromatic nitrogens is 3. The Balaban J connectivity index is 1.87. The van der Waals surface area contributed by atoms with E-state index in [1.54, 1.807) is 20.2 Å². The van der Waals surface area contributed by atoms with Gasteiger partial charge < -0.3 is 9.47 Å². The summed E-state index contributed by atoms with van der Waals surface area (Å²) in [5.74, 6) is 0.837. The topological polar surface area (TPSA) is 65.7 Å². The minimum atomic E-state index is -0.378. The smallest absolute Gasteiger partial charge is 0.343 e. The lowest BCUT2D eigenvalue weighted by atomic mass is 9.84. The third kappa shape index (κ3) is 3.35. The van der Waals surface area contributed by atoms with Crippen LogP contribution in [0.25, 0.3) is 16.8 Å². The zero-order chi connectivity index (χ0) is 19.5. The summed E-state index contributed by atoms with van der Waals surface area (Å²) < 4.78 is 12.3. The molecule has 0 aliphatic heterocycles. The normalized spacial score (nSPS) is 14.9. The second-order valence-electron chi connectivity index (χ2n) is 7.13. The second-order valence-corrected chi connectivity index (χ2v) is 7.13. The Bertz CT molecular complexity index is 973. The molecular weight excluding hydrogens is 354 g/mol. The highest BCUT2D eigenvalue weighted by molar-refractivity contribution is 5.95. The number of benzene rings is 1. The fraction of sp³-hybridized carbons (Fsp3) is 0.409. The highest BCUT2D eigenvalue weighted by Gasteiger charge is 2.25. The summed E-state index contributed by atoms with van der Waals surface area (Å²) in [6.07, 6.45) is 9.38. The van der Waals surface area contributed by atoms with E-state index in [4.69, 9.17) is 9.47 Å². The van der Waals surface area contributed by atoms with Gasteiger partial charge in [-0.05, 0) is 37.5 Å². The van der Waals surface area contributed by atoms with Crippen LogP contribution in [-0.2, 0) is 4.74 Å². The molecule has 6 nitrogen and oxygen atoms in total. The first kappa shape index (κ1) is 18.5. The van der Waals surface area contributed by atoms with Gasteiger partial charge in [0.1, 0.15) is 11.3 Å². The third-order valence-corrected chi connectivity index (χ3v) is 5.45. The number of hydrogen-bond donors (Lipinski definition) is 0. The van der Waals surface area contributed by atoms with E-state index in [0.717, 1.165) is 35.4 Å². The highest BCUT2D eigenvalue weighted by Crippen LogP contribution is 2.38. The summed E-state index contributed by atoms with van der Waals surface area (Å²) in [4.78, 5) is 16.9. The fourth-order valence-corrected chi connectivity index (χ4v) is 4.06. The van der Waals surface area contributed by atoms with Crippen molar-refractivity contribution in [3.63, 3.8) is 0 Å². The van der Waals surface area contributed by atoms with Gasteiger partial charge in [0.25, 0.3) is 0 Å². The van der Waals surface area contributed by atoms with E-state index in [9.17, 15) is 4.79 Å². The molecule has 0 bridgehead atoms. The molecule has 1 aromatic carbocycles. The van der Waals surface area contributed by atoms with E-state index in [1.807, 2.05) is 35.0 Å². The molecule has 0 saturated heterocycles. The van der Waals surface area contributed by atoms with Crippen molar-refractivity contribution in [2.24, 2.45) is 0 Å². The standard InChI is InChI=1S/C22H25N3O3/c1-3-28-22(26)19-14-24-25-20(16-7-5-4-6-8-16)18(13-23-21(19)25)15-9-11-17(27-2)12-10-15/h9-14,16H,3-8H2,1-2H3. The van der Waals surface area contributed by atoms with Crippen molar-refractivity contribution < 1.29 is 14.3 Å². The summed E-state index contributed by atoms with van der Waals surface area (Å²) in [7, 11) is 1.66. The summed E-state index contributed by atoms with van der Waals surface area (Å²) in [5.41, 5.74) is 4.24. The Kier molecular flexibility index (Phi) is 5.28. The monoisotopic (exact) mass is 379 g/mol. The Morgan fingerprint density at radius 3 is 2.57 bits per heavy atom. The molecule has 3 aromatic rings. The van der Waals surface area contributed by atoms with Crippen LogP contribution >= 0.6 is 0 Å². The van der Waals surface area contributed by atoms with Gasteiger partial charge in [-0.1, -0.05) is 31.4 Å². The zero-order valence-electron chi connectivity index (χ0n) is 16.4. The maximum absolute atomic E-state index is 12.3. The molecular formula is C22H25N3O3. The fourth-order valence-electron chi connectivity index (χ4n) is 4.06. The van der Waals surface area contributed by atoms with Crippen molar-refractivity contribution in [3.05, 3.63) is 47.9 Å². The molecule has 1 fully saturated rings. The largest absolute Gasteiger partial charge is 0.497 e. The maximum Gasteiger partial charge on any atom is 0.343 e. The molecule has 4 rings (SSSR count). The molecule has 0 N–H and O–H groups in total. The van der Waals surface area contributed by atoms with Crippen molar-refractivity contribution in [1.82, 2.24) is 14.6 Å². The van der Waals surface area contributed by atoms with Crippen molar-refractivity contribution in [2.75, 3.05) is 13.7 Å². The minimum Gasteiger partial charge on any atom is -0.497 e. The van der Waals surface area contributed by atoms with E-state index < -0.39 is 0 Å². The molecule has 2 heterocycles. The number of fused-ring (bicyclic) bond motifs is 1. The Morgan fingerprint density at radius 1 is 1.14 bits per heavy atom. The number of methoxy groups -OCH3 is 1. The first-order valence-corrected chi connectivity index (χ1v) is 9.91. The van der Waals surface area contributed by atoms with Crippen LogP contribution in [0.3, 0.4) is 0 Å². The number of ether oxygens (including phenoxy) is 2. The first-order valence-electron chi connectivity index (χ1n) is 9.91. The van der Waals surface area contributed by atoms with Gasteiger partial charge in [0.2, 0.25) is 0 Å². The molecule has 1 aliphatic carbocycles. The Hall–Kier alpha value is -2.89. The molecule has 2 aromatic heterocycles. The number of carbonyl (C=O) groups excluding carboxylic acids is 1. The number of esters is 1. The molecule has 0 amide bonds. The predicted octanol–water partition coefficient (Wildman–Crippen LogP) is 4.63. The number of nitrogens with zero attached hydrogens (tertiary/aromatic N) is 3. The molecule has 6 heteroatoms. The zero-order valence-corrected chi connectivity index (χ0v) is 16.4. The van der Waals surface area contributed by atoms with Crippen LogP contribution in [0.4, 0.5) is 0 Å². The van der Waals surface area contributed by atoms with Gasteiger partial charge >= 0.3 is 5.97 Å². The lowest BCUT2D eigenvalue weighted by Crippen LogP contribution is -2.13. The van der Waals surface area contributed by atoms with Crippen LogP contribution in [0.5, 0.6) is 5.75 Å². The second kappa shape index (κ2) is 8.00. The maximum atomic E-state index is 12.3. The van der Waals surface area contributed by atoms with E-state index in [-0.39, 0.29) is 5.97 Å². The van der Waals surface area contributed by atoms with Crippen LogP contribution in [0.15, 0.2) is 36.7 Å². The van der Waals surface area contributed by atoms with E-state index in [0.29, 0.717) is 23.7 Å². The van der Waals surface area contributed by atoms with Crippen molar-refractivity contribution in [2.45, 2.75) is 44.9 Å². The minimum absolute atomic E-state index is 0.329.